The lowest BCUT2D eigenvalue weighted by Crippen LogP contribution is -2.23. The van der Waals surface area contributed by atoms with Crippen LogP contribution in [0.1, 0.15) is 15.9 Å². The summed E-state index contributed by atoms with van der Waals surface area (Å²) in [4.78, 5) is 20.4. The third kappa shape index (κ3) is 3.92. The van der Waals surface area contributed by atoms with Crippen LogP contribution in [0.15, 0.2) is 67.1 Å². The lowest BCUT2D eigenvalue weighted by atomic mass is 10.2. The molecule has 0 fully saturated rings. The Morgan fingerprint density at radius 2 is 1.79 bits per heavy atom. The molecular weight excluding hydrogens is 309 g/mol. The van der Waals surface area contributed by atoms with Crippen LogP contribution in [-0.2, 0) is 6.54 Å². The molecule has 0 spiro atoms. The fraction of sp³-hybridized carbons (Fsp3) is 0.0556. The fourth-order valence-electron chi connectivity index (χ4n) is 2.04. The van der Waals surface area contributed by atoms with Gasteiger partial charge in [-0.2, -0.15) is 0 Å². The van der Waals surface area contributed by atoms with Crippen LogP contribution < -0.4 is 10.1 Å². The highest BCUT2D eigenvalue weighted by atomic mass is 19.1. The van der Waals surface area contributed by atoms with E-state index in [0.717, 1.165) is 5.56 Å². The normalized spacial score (nSPS) is 10.2. The first-order chi connectivity index (χ1) is 11.7. The number of nitrogens with one attached hydrogen (secondary N) is 1. The molecule has 2 heterocycles. The van der Waals surface area contributed by atoms with Crippen molar-refractivity contribution in [3.05, 3.63) is 84.1 Å². The highest BCUT2D eigenvalue weighted by Gasteiger charge is 2.14. The van der Waals surface area contributed by atoms with E-state index in [1.807, 2.05) is 12.1 Å². The van der Waals surface area contributed by atoms with Gasteiger partial charge in [0.2, 0.25) is 5.88 Å². The molecular formula is C18H14FN3O2. The monoisotopic (exact) mass is 323 g/mol. The smallest absolute Gasteiger partial charge is 0.257 e. The lowest BCUT2D eigenvalue weighted by Gasteiger charge is -2.10. The molecule has 24 heavy (non-hydrogen) atoms. The predicted molar refractivity (Wildman–Crippen MR) is 86.1 cm³/mol. The molecule has 0 unspecified atom stereocenters. The number of carbonyl (C=O) groups excluding carboxylic acids is 1. The average molecular weight is 323 g/mol. The molecule has 1 N–H and O–H groups in total. The van der Waals surface area contributed by atoms with Gasteiger partial charge in [-0.25, -0.2) is 9.37 Å². The molecule has 0 aliphatic carbocycles. The number of hydrogen-bond donors (Lipinski definition) is 1. The summed E-state index contributed by atoms with van der Waals surface area (Å²) < 4.78 is 18.5. The SMILES string of the molecule is O=C(NCc1ccncc1)c1cccnc1Oc1ccc(F)cc1. The fourth-order valence-corrected chi connectivity index (χ4v) is 2.04. The van der Waals surface area contributed by atoms with Gasteiger partial charge < -0.3 is 10.1 Å². The maximum Gasteiger partial charge on any atom is 0.257 e. The Balaban J connectivity index is 1.73. The molecule has 0 saturated heterocycles. The number of aromatic nitrogens is 2. The molecule has 5 nitrogen and oxygen atoms in total. The summed E-state index contributed by atoms with van der Waals surface area (Å²) in [6.45, 7) is 0.367. The molecule has 0 aliphatic rings. The summed E-state index contributed by atoms with van der Waals surface area (Å²) in [5, 5.41) is 2.80. The average Bonchev–Trinajstić information content (AvgIpc) is 2.63. The van der Waals surface area contributed by atoms with Crippen molar-refractivity contribution in [2.75, 3.05) is 0 Å². The number of pyridine rings is 2. The van der Waals surface area contributed by atoms with E-state index in [-0.39, 0.29) is 17.6 Å². The summed E-state index contributed by atoms with van der Waals surface area (Å²) in [5.74, 6) is -0.106. The third-order valence-electron chi connectivity index (χ3n) is 3.25. The minimum atomic E-state index is -0.362. The Bertz CT molecular complexity index is 823. The molecule has 0 saturated carbocycles. The van der Waals surface area contributed by atoms with Gasteiger partial charge >= 0.3 is 0 Å². The number of amides is 1. The van der Waals surface area contributed by atoms with Gasteiger partial charge in [0.1, 0.15) is 17.1 Å². The number of ether oxygens (including phenoxy) is 1. The highest BCUT2D eigenvalue weighted by Crippen LogP contribution is 2.23. The van der Waals surface area contributed by atoms with Gasteiger partial charge in [0, 0.05) is 25.1 Å². The second-order valence-corrected chi connectivity index (χ2v) is 4.95. The number of nitrogens with zero attached hydrogens (tertiary/aromatic N) is 2. The van der Waals surface area contributed by atoms with E-state index >= 15 is 0 Å². The molecule has 1 amide bonds. The van der Waals surface area contributed by atoms with Gasteiger partial charge in [-0.15, -0.1) is 0 Å². The van der Waals surface area contributed by atoms with E-state index in [0.29, 0.717) is 17.9 Å². The van der Waals surface area contributed by atoms with Gasteiger partial charge in [-0.3, -0.25) is 9.78 Å². The zero-order chi connectivity index (χ0) is 16.8. The molecule has 0 atom stereocenters. The van der Waals surface area contributed by atoms with E-state index in [9.17, 15) is 9.18 Å². The van der Waals surface area contributed by atoms with Crippen molar-refractivity contribution >= 4 is 5.91 Å². The van der Waals surface area contributed by atoms with Gasteiger partial charge in [0.15, 0.2) is 0 Å². The van der Waals surface area contributed by atoms with E-state index < -0.39 is 0 Å². The third-order valence-corrected chi connectivity index (χ3v) is 3.25. The van der Waals surface area contributed by atoms with E-state index in [2.05, 4.69) is 15.3 Å². The van der Waals surface area contributed by atoms with Crippen molar-refractivity contribution in [3.8, 4) is 11.6 Å². The van der Waals surface area contributed by atoms with Crippen LogP contribution in [0.25, 0.3) is 0 Å². The minimum absolute atomic E-state index is 0.163. The first kappa shape index (κ1) is 15.6. The quantitative estimate of drug-likeness (QED) is 0.782. The van der Waals surface area contributed by atoms with Gasteiger partial charge in [-0.1, -0.05) is 0 Å². The van der Waals surface area contributed by atoms with Gasteiger partial charge in [0.25, 0.3) is 5.91 Å². The standard InChI is InChI=1S/C18H14FN3O2/c19-14-3-5-15(6-4-14)24-18-16(2-1-9-21-18)17(23)22-12-13-7-10-20-11-8-13/h1-11H,12H2,(H,22,23). The summed E-state index contributed by atoms with van der Waals surface area (Å²) >= 11 is 0. The zero-order valence-electron chi connectivity index (χ0n) is 12.6. The molecule has 1 aromatic carbocycles. The van der Waals surface area contributed by atoms with Crippen molar-refractivity contribution < 1.29 is 13.9 Å². The van der Waals surface area contributed by atoms with E-state index in [1.54, 1.807) is 24.5 Å². The number of benzene rings is 1. The number of hydrogen-bond acceptors (Lipinski definition) is 4. The van der Waals surface area contributed by atoms with Crippen LogP contribution >= 0.6 is 0 Å². The molecule has 0 aliphatic heterocycles. The van der Waals surface area contributed by atoms with Crippen LogP contribution in [0.2, 0.25) is 0 Å². The van der Waals surface area contributed by atoms with Gasteiger partial charge in [0.05, 0.1) is 0 Å². The molecule has 6 heteroatoms. The Labute approximate surface area is 138 Å². The zero-order valence-corrected chi connectivity index (χ0v) is 12.6. The summed E-state index contributed by atoms with van der Waals surface area (Å²) in [5.41, 5.74) is 1.24. The van der Waals surface area contributed by atoms with Crippen LogP contribution in [0, 0.1) is 5.82 Å². The molecule has 120 valence electrons. The van der Waals surface area contributed by atoms with Crippen LogP contribution in [-0.4, -0.2) is 15.9 Å². The predicted octanol–water partition coefficient (Wildman–Crippen LogP) is 3.34. The highest BCUT2D eigenvalue weighted by molar-refractivity contribution is 5.96. The minimum Gasteiger partial charge on any atom is -0.438 e. The molecule has 0 bridgehead atoms. The largest absolute Gasteiger partial charge is 0.438 e. The first-order valence-electron chi connectivity index (χ1n) is 7.28. The molecule has 2 aromatic heterocycles. The first-order valence-corrected chi connectivity index (χ1v) is 7.28. The number of rotatable bonds is 5. The summed E-state index contributed by atoms with van der Waals surface area (Å²) in [6, 6.07) is 12.4. The second-order valence-electron chi connectivity index (χ2n) is 4.95. The number of halogens is 1. The second kappa shape index (κ2) is 7.32. The Kier molecular flexibility index (Phi) is 4.76. The van der Waals surface area contributed by atoms with Crippen LogP contribution in [0.4, 0.5) is 4.39 Å². The topological polar surface area (TPSA) is 64.1 Å². The maximum atomic E-state index is 13.0. The molecule has 3 rings (SSSR count). The Morgan fingerprint density at radius 1 is 1.04 bits per heavy atom. The summed E-state index contributed by atoms with van der Waals surface area (Å²) in [6.07, 6.45) is 4.85. The summed E-state index contributed by atoms with van der Waals surface area (Å²) in [7, 11) is 0. The van der Waals surface area contributed by atoms with Crippen molar-refractivity contribution in [2.24, 2.45) is 0 Å². The van der Waals surface area contributed by atoms with Crippen molar-refractivity contribution in [1.82, 2.24) is 15.3 Å². The van der Waals surface area contributed by atoms with Crippen molar-refractivity contribution in [3.63, 3.8) is 0 Å². The van der Waals surface area contributed by atoms with Crippen molar-refractivity contribution in [1.29, 1.82) is 0 Å². The van der Waals surface area contributed by atoms with E-state index in [1.165, 1.54) is 30.5 Å². The molecule has 3 aromatic rings. The van der Waals surface area contributed by atoms with Crippen molar-refractivity contribution in [2.45, 2.75) is 6.54 Å². The lowest BCUT2D eigenvalue weighted by molar-refractivity contribution is 0.0948. The molecule has 0 radical (unpaired) electrons. The van der Waals surface area contributed by atoms with Crippen LogP contribution in [0.5, 0.6) is 11.6 Å². The number of carbonyl (C=O) groups is 1. The maximum absolute atomic E-state index is 13.0. The Hall–Kier alpha value is -3.28. The van der Waals surface area contributed by atoms with E-state index in [4.69, 9.17) is 4.74 Å². The van der Waals surface area contributed by atoms with Gasteiger partial charge in [-0.05, 0) is 54.1 Å². The Morgan fingerprint density at radius 3 is 2.54 bits per heavy atom. The van der Waals surface area contributed by atoms with Crippen LogP contribution in [0.3, 0.4) is 0 Å².